The van der Waals surface area contributed by atoms with Crippen LogP contribution < -0.4 is 5.32 Å². The van der Waals surface area contributed by atoms with Crippen molar-refractivity contribution in [3.8, 4) is 0 Å². The number of carbonyl (C=O) groups is 1. The number of sulfonamides is 1. The molecular formula is C20H17N3NaO4S. The Labute approximate surface area is 190 Å². The van der Waals surface area contributed by atoms with E-state index >= 15 is 0 Å². The van der Waals surface area contributed by atoms with Crippen LogP contribution in [0.5, 0.6) is 0 Å². The summed E-state index contributed by atoms with van der Waals surface area (Å²) < 4.78 is 27.1. The van der Waals surface area contributed by atoms with Gasteiger partial charge in [0.1, 0.15) is 10.7 Å². The molecule has 0 unspecified atom stereocenters. The van der Waals surface area contributed by atoms with Crippen LogP contribution in [0.15, 0.2) is 65.3 Å². The molecule has 2 aromatic carbocycles. The standard InChI is InChI=1S/C20H17N3O4S.Na/c1-12-9-10-21-16(11-12)22-20(25)17-18(24)15-8-7-13-5-3-4-6-14(13)19(15)28(26,27)23(17)2;/h3-11,24H,1-2H3,(H,21,22,25);. The Kier molecular flexibility index (Phi) is 5.73. The maximum absolute atomic E-state index is 13.2. The summed E-state index contributed by atoms with van der Waals surface area (Å²) in [6.07, 6.45) is 1.53. The number of carbonyl (C=O) groups excluding carboxylic acids is 1. The third-order valence-corrected chi connectivity index (χ3v) is 6.52. The second-order valence-corrected chi connectivity index (χ2v) is 8.41. The number of nitrogens with zero attached hydrogens (tertiary/aromatic N) is 2. The number of pyridine rings is 1. The van der Waals surface area contributed by atoms with Crippen LogP contribution in [0, 0.1) is 6.92 Å². The number of aliphatic hydroxyl groups excluding tert-OH is 1. The average Bonchev–Trinajstić information content (AvgIpc) is 2.66. The Morgan fingerprint density at radius 2 is 1.86 bits per heavy atom. The number of anilines is 1. The molecule has 1 radical (unpaired) electrons. The Balaban J connectivity index is 0.00000240. The number of benzene rings is 2. The zero-order chi connectivity index (χ0) is 20.1. The summed E-state index contributed by atoms with van der Waals surface area (Å²) in [5.74, 6) is -0.899. The molecule has 4 rings (SSSR count). The minimum Gasteiger partial charge on any atom is -0.505 e. The zero-order valence-electron chi connectivity index (χ0n) is 16.2. The van der Waals surface area contributed by atoms with Gasteiger partial charge in [0.2, 0.25) is 0 Å². The molecule has 2 N–H and O–H groups in total. The van der Waals surface area contributed by atoms with E-state index in [1.165, 1.54) is 19.3 Å². The summed E-state index contributed by atoms with van der Waals surface area (Å²) in [4.78, 5) is 16.8. The van der Waals surface area contributed by atoms with E-state index in [-0.39, 0.29) is 51.5 Å². The van der Waals surface area contributed by atoms with E-state index in [2.05, 4.69) is 10.3 Å². The molecule has 1 aromatic heterocycles. The fourth-order valence-corrected chi connectivity index (χ4v) is 4.86. The van der Waals surface area contributed by atoms with E-state index in [1.54, 1.807) is 42.5 Å². The maximum atomic E-state index is 13.2. The van der Waals surface area contributed by atoms with Crippen LogP contribution in [-0.2, 0) is 14.8 Å². The van der Waals surface area contributed by atoms with Crippen molar-refractivity contribution in [3.05, 3.63) is 71.6 Å². The van der Waals surface area contributed by atoms with Gasteiger partial charge in [-0.3, -0.25) is 9.10 Å². The normalized spacial score (nSPS) is 14.9. The Bertz CT molecular complexity index is 1270. The number of aromatic nitrogens is 1. The summed E-state index contributed by atoms with van der Waals surface area (Å²) in [6.45, 7) is 1.84. The topological polar surface area (TPSA) is 99.6 Å². The van der Waals surface area contributed by atoms with Gasteiger partial charge in [-0.15, -0.1) is 0 Å². The molecule has 0 aliphatic carbocycles. The van der Waals surface area contributed by atoms with Gasteiger partial charge in [0, 0.05) is 53.8 Å². The van der Waals surface area contributed by atoms with Crippen LogP contribution in [0.2, 0.25) is 0 Å². The fraction of sp³-hybridized carbons (Fsp3) is 0.100. The second kappa shape index (κ2) is 7.79. The summed E-state index contributed by atoms with van der Waals surface area (Å²) in [6, 6.07) is 13.6. The molecule has 7 nitrogen and oxygen atoms in total. The summed E-state index contributed by atoms with van der Waals surface area (Å²) in [7, 11) is -2.80. The zero-order valence-corrected chi connectivity index (χ0v) is 19.0. The molecule has 3 aromatic rings. The predicted molar refractivity (Wildman–Crippen MR) is 112 cm³/mol. The monoisotopic (exact) mass is 418 g/mol. The minimum absolute atomic E-state index is 0. The van der Waals surface area contributed by atoms with Gasteiger partial charge < -0.3 is 10.4 Å². The van der Waals surface area contributed by atoms with Gasteiger partial charge in [-0.2, -0.15) is 0 Å². The second-order valence-electron chi connectivity index (χ2n) is 6.51. The first-order chi connectivity index (χ1) is 13.3. The number of rotatable bonds is 2. The fourth-order valence-electron chi connectivity index (χ4n) is 3.27. The molecule has 0 spiro atoms. The van der Waals surface area contributed by atoms with Crippen molar-refractivity contribution in [2.75, 3.05) is 12.4 Å². The SMILES string of the molecule is Cc1ccnc(NC(=O)C2=C(O)c3ccc4ccccc4c3S(=O)(=O)N2C)c1.[Na]. The third-order valence-electron chi connectivity index (χ3n) is 4.66. The van der Waals surface area contributed by atoms with E-state index in [1.807, 2.05) is 6.92 Å². The molecule has 1 amide bonds. The molecule has 143 valence electrons. The Morgan fingerprint density at radius 1 is 1.14 bits per heavy atom. The Hall–Kier alpha value is -2.39. The van der Waals surface area contributed by atoms with Crippen molar-refractivity contribution in [3.63, 3.8) is 0 Å². The van der Waals surface area contributed by atoms with E-state index in [0.717, 1.165) is 15.3 Å². The van der Waals surface area contributed by atoms with Crippen LogP contribution >= 0.6 is 0 Å². The number of fused-ring (bicyclic) bond motifs is 3. The number of likely N-dealkylation sites (N-methyl/N-ethyl adjacent to an activating group) is 1. The first-order valence-electron chi connectivity index (χ1n) is 8.49. The molecule has 0 atom stereocenters. The number of aryl methyl sites for hydroxylation is 1. The number of aliphatic hydroxyl groups is 1. The molecule has 1 aliphatic rings. The average molecular weight is 418 g/mol. The summed E-state index contributed by atoms with van der Waals surface area (Å²) in [5.41, 5.74) is 0.621. The molecule has 0 fully saturated rings. The summed E-state index contributed by atoms with van der Waals surface area (Å²) in [5, 5.41) is 14.5. The van der Waals surface area contributed by atoms with Gasteiger partial charge in [0.25, 0.3) is 15.9 Å². The Morgan fingerprint density at radius 3 is 2.59 bits per heavy atom. The van der Waals surface area contributed by atoms with Crippen LogP contribution in [0.3, 0.4) is 0 Å². The van der Waals surface area contributed by atoms with Gasteiger partial charge in [-0.25, -0.2) is 13.4 Å². The number of nitrogens with one attached hydrogen (secondary N) is 1. The van der Waals surface area contributed by atoms with Crippen molar-refractivity contribution >= 4 is 67.8 Å². The summed E-state index contributed by atoms with van der Waals surface area (Å²) >= 11 is 0. The molecule has 1 aliphatic heterocycles. The molecular weight excluding hydrogens is 401 g/mol. The number of hydrogen-bond acceptors (Lipinski definition) is 5. The van der Waals surface area contributed by atoms with Gasteiger partial charge in [-0.05, 0) is 36.1 Å². The van der Waals surface area contributed by atoms with Gasteiger partial charge >= 0.3 is 0 Å². The number of hydrogen-bond donors (Lipinski definition) is 2. The molecule has 0 saturated heterocycles. The number of amides is 1. The predicted octanol–water partition coefficient (Wildman–Crippen LogP) is 2.66. The van der Waals surface area contributed by atoms with Crippen molar-refractivity contribution < 1.29 is 18.3 Å². The van der Waals surface area contributed by atoms with E-state index in [0.29, 0.717) is 5.39 Å². The van der Waals surface area contributed by atoms with Crippen LogP contribution in [0.1, 0.15) is 11.1 Å². The third kappa shape index (κ3) is 3.53. The molecule has 0 bridgehead atoms. The van der Waals surface area contributed by atoms with Crippen LogP contribution in [0.4, 0.5) is 5.82 Å². The van der Waals surface area contributed by atoms with Crippen molar-refractivity contribution in [2.24, 2.45) is 0 Å². The molecule has 29 heavy (non-hydrogen) atoms. The van der Waals surface area contributed by atoms with Gasteiger partial charge in [-0.1, -0.05) is 30.3 Å². The molecule has 2 heterocycles. The smallest absolute Gasteiger partial charge is 0.277 e. The van der Waals surface area contributed by atoms with Crippen molar-refractivity contribution in [1.82, 2.24) is 9.29 Å². The van der Waals surface area contributed by atoms with Gasteiger partial charge in [0.15, 0.2) is 11.5 Å². The van der Waals surface area contributed by atoms with Gasteiger partial charge in [0.05, 0.1) is 0 Å². The van der Waals surface area contributed by atoms with Crippen molar-refractivity contribution in [2.45, 2.75) is 11.8 Å². The quantitative estimate of drug-likeness (QED) is 0.624. The van der Waals surface area contributed by atoms with Crippen molar-refractivity contribution in [1.29, 1.82) is 0 Å². The van der Waals surface area contributed by atoms with E-state index in [9.17, 15) is 18.3 Å². The van der Waals surface area contributed by atoms with Crippen LogP contribution in [0.25, 0.3) is 16.5 Å². The molecule has 9 heteroatoms. The van der Waals surface area contributed by atoms with E-state index < -0.39 is 21.7 Å². The molecule has 0 saturated carbocycles. The first kappa shape index (κ1) is 21.3. The first-order valence-corrected chi connectivity index (χ1v) is 9.93. The largest absolute Gasteiger partial charge is 0.505 e. The minimum atomic E-state index is -4.04. The maximum Gasteiger partial charge on any atom is 0.277 e. The van der Waals surface area contributed by atoms with Crippen LogP contribution in [-0.4, -0.2) is 65.3 Å². The van der Waals surface area contributed by atoms with E-state index in [4.69, 9.17) is 0 Å².